The second-order valence-electron chi connectivity index (χ2n) is 5.52. The number of hydrazine groups is 1. The molecule has 5 heteroatoms. The Morgan fingerprint density at radius 3 is 2.50 bits per heavy atom. The molecule has 0 saturated carbocycles. The van der Waals surface area contributed by atoms with Crippen molar-refractivity contribution in [2.75, 3.05) is 26.9 Å². The molecule has 0 aliphatic heterocycles. The summed E-state index contributed by atoms with van der Waals surface area (Å²) >= 11 is 0. The summed E-state index contributed by atoms with van der Waals surface area (Å²) in [4.78, 5) is 0. The molecule has 1 aromatic carbocycles. The summed E-state index contributed by atoms with van der Waals surface area (Å²) in [5, 5.41) is 0. The molecule has 0 radical (unpaired) electrons. The van der Waals surface area contributed by atoms with Crippen LogP contribution in [0.5, 0.6) is 5.75 Å². The van der Waals surface area contributed by atoms with Crippen LogP contribution in [0.4, 0.5) is 0 Å². The Balaban J connectivity index is 2.75. The number of hydrogen-bond acceptors (Lipinski definition) is 5. The van der Waals surface area contributed by atoms with Gasteiger partial charge < -0.3 is 14.2 Å². The molecule has 1 unspecified atom stereocenters. The molecule has 1 atom stereocenters. The van der Waals surface area contributed by atoms with Gasteiger partial charge in [0.15, 0.2) is 0 Å². The van der Waals surface area contributed by atoms with E-state index in [1.165, 1.54) is 0 Å². The molecule has 0 aliphatic carbocycles. The van der Waals surface area contributed by atoms with Crippen molar-refractivity contribution in [3.8, 4) is 5.75 Å². The topological polar surface area (TPSA) is 65.7 Å². The van der Waals surface area contributed by atoms with Crippen LogP contribution in [-0.4, -0.2) is 32.5 Å². The van der Waals surface area contributed by atoms with E-state index in [-0.39, 0.29) is 11.6 Å². The maximum atomic E-state index is 5.79. The highest BCUT2D eigenvalue weighted by Crippen LogP contribution is 2.26. The Labute approximate surface area is 121 Å². The molecular formula is C15H26N2O3. The predicted octanol–water partition coefficient (Wildman–Crippen LogP) is 2.03. The molecule has 0 heterocycles. The van der Waals surface area contributed by atoms with Crippen molar-refractivity contribution in [2.24, 2.45) is 5.84 Å². The van der Waals surface area contributed by atoms with Gasteiger partial charge in [-0.25, -0.2) is 0 Å². The number of nitrogens with one attached hydrogen (secondary N) is 1. The summed E-state index contributed by atoms with van der Waals surface area (Å²) < 4.78 is 16.5. The highest BCUT2D eigenvalue weighted by molar-refractivity contribution is 5.36. The summed E-state index contributed by atoms with van der Waals surface area (Å²) in [6.07, 6.45) is 0. The van der Waals surface area contributed by atoms with Gasteiger partial charge in [-0.15, -0.1) is 0 Å². The minimum atomic E-state index is -0.207. The van der Waals surface area contributed by atoms with Crippen LogP contribution in [0.3, 0.4) is 0 Å². The zero-order valence-corrected chi connectivity index (χ0v) is 12.8. The minimum Gasteiger partial charge on any atom is -0.491 e. The van der Waals surface area contributed by atoms with Crippen LogP contribution in [0.1, 0.15) is 32.4 Å². The SMILES string of the molecule is COCCOc1ccccc1C(COC(C)(C)C)NN. The monoisotopic (exact) mass is 282 g/mol. The third-order valence-corrected chi connectivity index (χ3v) is 2.72. The highest BCUT2D eigenvalue weighted by atomic mass is 16.5. The molecule has 5 nitrogen and oxygen atoms in total. The van der Waals surface area contributed by atoms with E-state index < -0.39 is 0 Å². The maximum absolute atomic E-state index is 5.79. The molecule has 0 fully saturated rings. The fraction of sp³-hybridized carbons (Fsp3) is 0.600. The van der Waals surface area contributed by atoms with Gasteiger partial charge in [0, 0.05) is 12.7 Å². The van der Waals surface area contributed by atoms with E-state index in [1.807, 2.05) is 45.0 Å². The van der Waals surface area contributed by atoms with E-state index in [9.17, 15) is 0 Å². The molecule has 1 rings (SSSR count). The van der Waals surface area contributed by atoms with Crippen molar-refractivity contribution in [1.82, 2.24) is 5.43 Å². The van der Waals surface area contributed by atoms with Crippen LogP contribution in [-0.2, 0) is 9.47 Å². The van der Waals surface area contributed by atoms with Crippen molar-refractivity contribution in [2.45, 2.75) is 32.4 Å². The van der Waals surface area contributed by atoms with E-state index in [0.717, 1.165) is 11.3 Å². The zero-order valence-electron chi connectivity index (χ0n) is 12.8. The third kappa shape index (κ3) is 5.88. The standard InChI is InChI=1S/C15H26N2O3/c1-15(2,3)20-11-13(17-16)12-7-5-6-8-14(12)19-10-9-18-4/h5-8,13,17H,9-11,16H2,1-4H3. The molecule has 3 N–H and O–H groups in total. The van der Waals surface area contributed by atoms with Crippen molar-refractivity contribution in [3.63, 3.8) is 0 Å². The van der Waals surface area contributed by atoms with Gasteiger partial charge in [-0.1, -0.05) is 18.2 Å². The lowest BCUT2D eigenvalue weighted by Crippen LogP contribution is -2.34. The number of methoxy groups -OCH3 is 1. The number of rotatable bonds is 8. The summed E-state index contributed by atoms with van der Waals surface area (Å²) in [5.41, 5.74) is 3.56. The molecule has 0 aromatic heterocycles. The Hall–Kier alpha value is -1.14. The smallest absolute Gasteiger partial charge is 0.124 e. The van der Waals surface area contributed by atoms with E-state index in [4.69, 9.17) is 20.1 Å². The number of para-hydroxylation sites is 1. The largest absolute Gasteiger partial charge is 0.491 e. The zero-order chi connectivity index (χ0) is 15.0. The molecular weight excluding hydrogens is 256 g/mol. The maximum Gasteiger partial charge on any atom is 0.124 e. The highest BCUT2D eigenvalue weighted by Gasteiger charge is 2.18. The fourth-order valence-electron chi connectivity index (χ4n) is 1.70. The predicted molar refractivity (Wildman–Crippen MR) is 79.6 cm³/mol. The molecule has 0 aliphatic rings. The number of nitrogens with two attached hydrogens (primary N) is 1. The van der Waals surface area contributed by atoms with Crippen LogP contribution in [0.2, 0.25) is 0 Å². The third-order valence-electron chi connectivity index (χ3n) is 2.72. The first-order valence-electron chi connectivity index (χ1n) is 6.78. The summed E-state index contributed by atoms with van der Waals surface area (Å²) in [6.45, 7) is 7.58. The van der Waals surface area contributed by atoms with Gasteiger partial charge in [0.05, 0.1) is 24.9 Å². The number of hydrogen-bond donors (Lipinski definition) is 2. The van der Waals surface area contributed by atoms with E-state index >= 15 is 0 Å². The van der Waals surface area contributed by atoms with Gasteiger partial charge in [0.2, 0.25) is 0 Å². The van der Waals surface area contributed by atoms with E-state index in [1.54, 1.807) is 7.11 Å². The summed E-state index contributed by atoms with van der Waals surface area (Å²) in [7, 11) is 1.65. The quantitative estimate of drug-likeness (QED) is 0.434. The van der Waals surface area contributed by atoms with Crippen molar-refractivity contribution in [1.29, 1.82) is 0 Å². The molecule has 0 spiro atoms. The van der Waals surface area contributed by atoms with Crippen LogP contribution >= 0.6 is 0 Å². The molecule has 20 heavy (non-hydrogen) atoms. The fourth-order valence-corrected chi connectivity index (χ4v) is 1.70. The minimum absolute atomic E-state index is 0.118. The van der Waals surface area contributed by atoms with Gasteiger partial charge in [0.1, 0.15) is 12.4 Å². The average molecular weight is 282 g/mol. The van der Waals surface area contributed by atoms with Crippen LogP contribution in [0, 0.1) is 0 Å². The van der Waals surface area contributed by atoms with Crippen molar-refractivity contribution >= 4 is 0 Å². The van der Waals surface area contributed by atoms with Gasteiger partial charge in [0.25, 0.3) is 0 Å². The lowest BCUT2D eigenvalue weighted by atomic mass is 10.1. The van der Waals surface area contributed by atoms with Gasteiger partial charge in [-0.05, 0) is 26.8 Å². The Morgan fingerprint density at radius 1 is 1.20 bits per heavy atom. The van der Waals surface area contributed by atoms with E-state index in [0.29, 0.717) is 19.8 Å². The van der Waals surface area contributed by atoms with Crippen LogP contribution in [0.15, 0.2) is 24.3 Å². The van der Waals surface area contributed by atoms with Crippen molar-refractivity contribution in [3.05, 3.63) is 29.8 Å². The first-order valence-corrected chi connectivity index (χ1v) is 6.78. The van der Waals surface area contributed by atoms with Crippen LogP contribution in [0.25, 0.3) is 0 Å². The lowest BCUT2D eigenvalue weighted by Gasteiger charge is -2.25. The van der Waals surface area contributed by atoms with Crippen LogP contribution < -0.4 is 16.0 Å². The first kappa shape index (κ1) is 16.9. The summed E-state index contributed by atoms with van der Waals surface area (Å²) in [6, 6.07) is 7.68. The van der Waals surface area contributed by atoms with Crippen molar-refractivity contribution < 1.29 is 14.2 Å². The summed E-state index contributed by atoms with van der Waals surface area (Å²) in [5.74, 6) is 6.44. The number of ether oxygens (including phenoxy) is 3. The number of benzene rings is 1. The van der Waals surface area contributed by atoms with Gasteiger partial charge in [-0.3, -0.25) is 11.3 Å². The second kappa shape index (κ2) is 8.21. The normalized spacial score (nSPS) is 13.2. The molecule has 0 saturated heterocycles. The second-order valence-corrected chi connectivity index (χ2v) is 5.52. The van der Waals surface area contributed by atoms with Gasteiger partial charge in [-0.2, -0.15) is 0 Å². The average Bonchev–Trinajstić information content (AvgIpc) is 2.40. The Kier molecular flexibility index (Phi) is 6.95. The molecule has 114 valence electrons. The first-order chi connectivity index (χ1) is 9.48. The van der Waals surface area contributed by atoms with Gasteiger partial charge >= 0.3 is 0 Å². The molecule has 1 aromatic rings. The Morgan fingerprint density at radius 2 is 1.90 bits per heavy atom. The Bertz CT molecular complexity index is 391. The molecule has 0 amide bonds. The van der Waals surface area contributed by atoms with E-state index in [2.05, 4.69) is 5.43 Å². The molecule has 0 bridgehead atoms. The lowest BCUT2D eigenvalue weighted by molar-refractivity contribution is -0.0151.